The number of anilines is 1. The molecule has 1 saturated heterocycles. The summed E-state index contributed by atoms with van der Waals surface area (Å²) < 4.78 is 60.6. The monoisotopic (exact) mass is 879 g/mol. The molecule has 2 aromatic rings. The van der Waals surface area contributed by atoms with Gasteiger partial charge < -0.3 is 74.1 Å². The fourth-order valence-corrected chi connectivity index (χ4v) is 7.45. The van der Waals surface area contributed by atoms with Gasteiger partial charge in [0.2, 0.25) is 17.7 Å². The first-order valence-electron chi connectivity index (χ1n) is 15.6. The average molecular weight is 879 g/mol. The molecule has 33 heteroatoms. The third-order valence-corrected chi connectivity index (χ3v) is 10.4. The minimum Gasteiger partial charge on any atom is -0.790 e. The van der Waals surface area contributed by atoms with Crippen molar-refractivity contribution >= 4 is 70.8 Å². The SMILES string of the molecule is CCCC(=O)Nc1ncnc2c1ncn2[C@@H]1O[C@H](COP(=O)([O-])OP(=O)([O-])OCC(C)(C)C(O)C(=O)NCCC(=O)NCCS)[C@@H](OP(=O)([O-])[O-])[C@H]1O.O.[Li+].[Li+].[Li+].[Li+]. The number of carbonyl (C=O) groups is 3. The Bertz CT molecular complexity index is 1770. The minimum atomic E-state index is -5.92. The Morgan fingerprint density at radius 1 is 0.983 bits per heavy atom. The zero-order valence-corrected chi connectivity index (χ0v) is 36.4. The molecule has 1 aliphatic rings. The number of rotatable bonds is 21. The number of hydrogen-bond acceptors (Lipinski definition) is 21. The van der Waals surface area contributed by atoms with Crippen molar-refractivity contribution in [3.63, 3.8) is 0 Å². The van der Waals surface area contributed by atoms with Gasteiger partial charge >= 0.3 is 75.4 Å². The molecule has 7 atom stereocenters. The summed E-state index contributed by atoms with van der Waals surface area (Å²) >= 11 is 3.94. The molecule has 308 valence electrons. The molecule has 0 aliphatic carbocycles. The molecule has 1 fully saturated rings. The van der Waals surface area contributed by atoms with Crippen LogP contribution in [0.15, 0.2) is 12.7 Å². The van der Waals surface area contributed by atoms with E-state index < -0.39 is 90.5 Å². The van der Waals surface area contributed by atoms with Crippen LogP contribution in [0.3, 0.4) is 0 Å². The summed E-state index contributed by atoms with van der Waals surface area (Å²) in [5.41, 5.74) is -1.73. The molecule has 58 heavy (non-hydrogen) atoms. The fraction of sp³-hybridized carbons (Fsp3) is 0.680. The number of nitrogens with one attached hydrogen (secondary N) is 3. The zero-order valence-electron chi connectivity index (χ0n) is 32.8. The van der Waals surface area contributed by atoms with Crippen LogP contribution < -0.4 is 111 Å². The van der Waals surface area contributed by atoms with Crippen LogP contribution in [-0.2, 0) is 50.7 Å². The Hall–Kier alpha value is -0.0904. The third-order valence-electron chi connectivity index (χ3n) is 7.19. The van der Waals surface area contributed by atoms with Crippen molar-refractivity contribution < 1.29 is 161 Å². The molecular formula is C25H40Li4N7O18P3S. The molecule has 3 amide bonds. The van der Waals surface area contributed by atoms with Gasteiger partial charge in [0.25, 0.3) is 15.6 Å². The average Bonchev–Trinajstić information content (AvgIpc) is 3.61. The van der Waals surface area contributed by atoms with Crippen molar-refractivity contribution in [2.75, 3.05) is 37.4 Å². The maximum atomic E-state index is 12.5. The van der Waals surface area contributed by atoms with Crippen LogP contribution in [0, 0.1) is 5.41 Å². The summed E-state index contributed by atoms with van der Waals surface area (Å²) in [6.07, 6.45) is -6.99. The van der Waals surface area contributed by atoms with E-state index in [1.165, 1.54) is 13.8 Å². The van der Waals surface area contributed by atoms with Crippen LogP contribution in [0.5, 0.6) is 0 Å². The molecule has 3 unspecified atom stereocenters. The van der Waals surface area contributed by atoms with Gasteiger partial charge in [-0.25, -0.2) is 19.3 Å². The molecule has 0 saturated carbocycles. The second-order valence-electron chi connectivity index (χ2n) is 12.0. The van der Waals surface area contributed by atoms with Crippen LogP contribution in [0.4, 0.5) is 5.82 Å². The van der Waals surface area contributed by atoms with Gasteiger partial charge in [-0.1, -0.05) is 20.8 Å². The van der Waals surface area contributed by atoms with Crippen LogP contribution >= 0.6 is 36.1 Å². The first-order valence-corrected chi connectivity index (χ1v) is 20.6. The van der Waals surface area contributed by atoms with E-state index in [0.29, 0.717) is 18.7 Å². The molecular weight excluding hydrogens is 839 g/mol. The van der Waals surface area contributed by atoms with Crippen molar-refractivity contribution in [3.8, 4) is 0 Å². The second kappa shape index (κ2) is 27.2. The van der Waals surface area contributed by atoms with E-state index in [2.05, 4.69) is 61.4 Å². The number of nitrogens with zero attached hydrogens (tertiary/aromatic N) is 4. The van der Waals surface area contributed by atoms with Gasteiger partial charge in [-0.05, 0) is 6.42 Å². The minimum absolute atomic E-state index is 0. The number of thiol groups is 1. The maximum absolute atomic E-state index is 12.5. The van der Waals surface area contributed by atoms with Gasteiger partial charge in [0, 0.05) is 37.1 Å². The Kier molecular flexibility index (Phi) is 29.1. The molecule has 7 N–H and O–H groups in total. The van der Waals surface area contributed by atoms with Crippen molar-refractivity contribution in [2.24, 2.45) is 5.41 Å². The molecule has 1 aliphatic heterocycles. The van der Waals surface area contributed by atoms with Crippen LogP contribution in [0.25, 0.3) is 11.2 Å². The number of phosphoric ester groups is 3. The molecule has 2 aromatic heterocycles. The standard InChI is InChI=1S/C25H42N7O17P3S.4Li.H2O/c1-4-5-16(34)31-21-17-22(29-12-28-21)32(13-30-17)24-18(35)19(48-50(38,39)40)14(47-24)10-45-51(41,42)49-52(43,44)46-11-25(2,3)20(36)23(37)27-7-6-15(33)26-8-9-53;;;;;/h12-14,18-20,24,35-36,53H,4-11H2,1-3H3,(H,26,33)(H,27,37)(H,41,42)(H,43,44)(H2,38,39,40)(H,28,29,31,34);;;;;1H2/q;4*+1;/p-4/t14-,18-,19-,20?,24-;;;;;/m1...../s1. The van der Waals surface area contributed by atoms with E-state index in [0.717, 1.165) is 17.2 Å². The zero-order chi connectivity index (χ0) is 39.8. The summed E-state index contributed by atoms with van der Waals surface area (Å²) in [6.45, 7) is 2.02. The van der Waals surface area contributed by atoms with E-state index in [9.17, 15) is 57.9 Å². The number of aliphatic hydroxyl groups is 2. The van der Waals surface area contributed by atoms with Gasteiger partial charge in [0.05, 0.1) is 27.4 Å². The molecule has 0 aromatic carbocycles. The van der Waals surface area contributed by atoms with Gasteiger partial charge in [0.1, 0.15) is 30.7 Å². The van der Waals surface area contributed by atoms with Crippen molar-refractivity contribution in [1.29, 1.82) is 0 Å². The maximum Gasteiger partial charge on any atom is 1.00 e. The van der Waals surface area contributed by atoms with Crippen LogP contribution in [-0.4, -0.2) is 109 Å². The fourth-order valence-electron chi connectivity index (χ4n) is 4.61. The van der Waals surface area contributed by atoms with Gasteiger partial charge in [0.15, 0.2) is 23.2 Å². The molecule has 3 rings (SSSR count). The largest absolute Gasteiger partial charge is 1.00 e. The Labute approximate surface area is 385 Å². The van der Waals surface area contributed by atoms with Gasteiger partial charge in [-0.15, -0.1) is 0 Å². The summed E-state index contributed by atoms with van der Waals surface area (Å²) in [7, 11) is -17.6. The topological polar surface area (TPSA) is 392 Å². The third kappa shape index (κ3) is 19.1. The summed E-state index contributed by atoms with van der Waals surface area (Å²) in [4.78, 5) is 96.1. The number of aromatic nitrogens is 4. The summed E-state index contributed by atoms with van der Waals surface area (Å²) in [6, 6.07) is 0. The molecule has 0 spiro atoms. The predicted molar refractivity (Wildman–Crippen MR) is 177 cm³/mol. The van der Waals surface area contributed by atoms with E-state index in [4.69, 9.17) is 4.74 Å². The number of ether oxygens (including phenoxy) is 1. The number of phosphoric acid groups is 3. The second-order valence-corrected chi connectivity index (χ2v) is 16.5. The normalized spacial score (nSPS) is 20.2. The number of amides is 3. The van der Waals surface area contributed by atoms with E-state index in [-0.39, 0.29) is 117 Å². The molecule has 3 heterocycles. The summed E-state index contributed by atoms with van der Waals surface area (Å²) in [5, 5.41) is 28.7. The molecule has 25 nitrogen and oxygen atoms in total. The molecule has 0 radical (unpaired) electrons. The predicted octanol–water partition coefficient (Wildman–Crippen LogP) is -15.8. The van der Waals surface area contributed by atoms with E-state index in [1.54, 1.807) is 6.92 Å². The van der Waals surface area contributed by atoms with E-state index in [1.807, 2.05) is 0 Å². The Morgan fingerprint density at radius 3 is 2.19 bits per heavy atom. The number of hydrogen-bond donors (Lipinski definition) is 6. The van der Waals surface area contributed by atoms with E-state index >= 15 is 0 Å². The van der Waals surface area contributed by atoms with Crippen molar-refractivity contribution in [2.45, 2.75) is 70.7 Å². The van der Waals surface area contributed by atoms with Crippen LogP contribution in [0.1, 0.15) is 46.3 Å². The molecule has 0 bridgehead atoms. The van der Waals surface area contributed by atoms with Gasteiger partial charge in [-0.3, -0.25) is 28.1 Å². The Balaban J connectivity index is -0.00000605. The Morgan fingerprint density at radius 2 is 1.60 bits per heavy atom. The number of imidazole rings is 1. The number of carbonyl (C=O) groups excluding carboxylic acids is 3. The smallest absolute Gasteiger partial charge is 0.790 e. The van der Waals surface area contributed by atoms with Crippen LogP contribution in [0.2, 0.25) is 0 Å². The number of aliphatic hydroxyl groups excluding tert-OH is 2. The number of fused-ring (bicyclic) bond motifs is 1. The quantitative estimate of drug-likeness (QED) is 0.0385. The van der Waals surface area contributed by atoms with Gasteiger partial charge in [-0.2, -0.15) is 12.6 Å². The first kappa shape index (κ1) is 62.2. The van der Waals surface area contributed by atoms with Crippen molar-refractivity contribution in [1.82, 2.24) is 30.2 Å². The first-order chi connectivity index (χ1) is 24.6. The summed E-state index contributed by atoms with van der Waals surface area (Å²) in [5.74, 6) is -1.42. The van der Waals surface area contributed by atoms with Crippen molar-refractivity contribution in [3.05, 3.63) is 12.7 Å².